The van der Waals surface area contributed by atoms with Gasteiger partial charge in [-0.2, -0.15) is 0 Å². The van der Waals surface area contributed by atoms with Crippen molar-refractivity contribution in [2.75, 3.05) is 18.9 Å². The molecule has 1 aromatic carbocycles. The summed E-state index contributed by atoms with van der Waals surface area (Å²) in [6, 6.07) is 7.34. The van der Waals surface area contributed by atoms with E-state index in [0.29, 0.717) is 13.2 Å². The van der Waals surface area contributed by atoms with Crippen LogP contribution in [0.4, 0.5) is 5.69 Å². The second-order valence-corrected chi connectivity index (χ2v) is 3.34. The van der Waals surface area contributed by atoms with Crippen molar-refractivity contribution in [3.8, 4) is 5.75 Å². The van der Waals surface area contributed by atoms with Crippen LogP contribution in [0.5, 0.6) is 5.75 Å². The molecule has 1 aromatic rings. The topological polar surface area (TPSA) is 44.5 Å². The highest BCUT2D eigenvalue weighted by Crippen LogP contribution is 2.12. The Bertz CT molecular complexity index is 256. The molecule has 0 atom stereocenters. The highest BCUT2D eigenvalue weighted by Gasteiger charge is 1.95. The van der Waals surface area contributed by atoms with Gasteiger partial charge in [-0.05, 0) is 38.1 Å². The average molecular weight is 195 g/mol. The molecular formula is C11H17NO2. The fourth-order valence-corrected chi connectivity index (χ4v) is 1.01. The molecule has 3 heteroatoms. The minimum atomic E-state index is 0.255. The van der Waals surface area contributed by atoms with Crippen LogP contribution >= 0.6 is 0 Å². The predicted molar refractivity (Wildman–Crippen MR) is 57.4 cm³/mol. The first kappa shape index (κ1) is 10.9. The number of hydrogen-bond donors (Lipinski definition) is 1. The number of benzene rings is 1. The first-order valence-corrected chi connectivity index (χ1v) is 4.78. The molecule has 0 aromatic heterocycles. The molecule has 2 N–H and O–H groups in total. The summed E-state index contributed by atoms with van der Waals surface area (Å²) in [5, 5.41) is 0. The Kier molecular flexibility index (Phi) is 4.26. The number of nitrogens with two attached hydrogens (primary N) is 1. The Morgan fingerprint density at radius 3 is 2.36 bits per heavy atom. The molecule has 0 spiro atoms. The van der Waals surface area contributed by atoms with Gasteiger partial charge in [0, 0.05) is 5.69 Å². The van der Waals surface area contributed by atoms with Gasteiger partial charge in [-0.15, -0.1) is 0 Å². The highest BCUT2D eigenvalue weighted by molar-refractivity contribution is 5.41. The Morgan fingerprint density at radius 2 is 1.79 bits per heavy atom. The summed E-state index contributed by atoms with van der Waals surface area (Å²) in [4.78, 5) is 0. The molecule has 0 unspecified atom stereocenters. The van der Waals surface area contributed by atoms with Gasteiger partial charge < -0.3 is 15.2 Å². The first-order valence-electron chi connectivity index (χ1n) is 4.78. The zero-order chi connectivity index (χ0) is 10.4. The summed E-state index contributed by atoms with van der Waals surface area (Å²) >= 11 is 0. The fraction of sp³-hybridized carbons (Fsp3) is 0.455. The van der Waals surface area contributed by atoms with E-state index in [0.717, 1.165) is 11.4 Å². The molecule has 0 fully saturated rings. The Hall–Kier alpha value is -1.22. The lowest BCUT2D eigenvalue weighted by Gasteiger charge is -2.09. The van der Waals surface area contributed by atoms with Crippen molar-refractivity contribution in [3.05, 3.63) is 24.3 Å². The van der Waals surface area contributed by atoms with Gasteiger partial charge in [-0.3, -0.25) is 0 Å². The van der Waals surface area contributed by atoms with Crippen molar-refractivity contribution in [2.24, 2.45) is 0 Å². The quantitative estimate of drug-likeness (QED) is 0.578. The van der Waals surface area contributed by atoms with Crippen LogP contribution in [0.3, 0.4) is 0 Å². The number of rotatable bonds is 5. The molecular weight excluding hydrogens is 178 g/mol. The molecule has 0 aliphatic rings. The minimum Gasteiger partial charge on any atom is -0.491 e. The third-order valence-electron chi connectivity index (χ3n) is 1.68. The van der Waals surface area contributed by atoms with Crippen LogP contribution in [0, 0.1) is 0 Å². The van der Waals surface area contributed by atoms with Crippen LogP contribution in [0.15, 0.2) is 24.3 Å². The summed E-state index contributed by atoms with van der Waals surface area (Å²) < 4.78 is 10.8. The van der Waals surface area contributed by atoms with Crippen LogP contribution in [0.1, 0.15) is 13.8 Å². The van der Waals surface area contributed by atoms with E-state index in [1.54, 1.807) is 0 Å². The van der Waals surface area contributed by atoms with E-state index in [9.17, 15) is 0 Å². The van der Waals surface area contributed by atoms with Gasteiger partial charge in [0.15, 0.2) is 0 Å². The van der Waals surface area contributed by atoms with Gasteiger partial charge in [0.2, 0.25) is 0 Å². The van der Waals surface area contributed by atoms with E-state index in [1.165, 1.54) is 0 Å². The molecule has 0 amide bonds. The summed E-state index contributed by atoms with van der Waals surface area (Å²) in [5.74, 6) is 0.826. The number of anilines is 1. The maximum atomic E-state index is 5.54. The molecule has 0 saturated carbocycles. The third kappa shape index (κ3) is 4.14. The van der Waals surface area contributed by atoms with Gasteiger partial charge in [-0.1, -0.05) is 0 Å². The molecule has 0 heterocycles. The molecule has 0 saturated heterocycles. The maximum absolute atomic E-state index is 5.54. The Balaban J connectivity index is 2.21. The van der Waals surface area contributed by atoms with Gasteiger partial charge in [0.1, 0.15) is 12.4 Å². The molecule has 1 rings (SSSR count). The SMILES string of the molecule is CC(C)OCCOc1ccc(N)cc1. The van der Waals surface area contributed by atoms with Crippen molar-refractivity contribution in [2.45, 2.75) is 20.0 Å². The lowest BCUT2D eigenvalue weighted by molar-refractivity contribution is 0.0553. The highest BCUT2D eigenvalue weighted by atomic mass is 16.5. The number of hydrogen-bond acceptors (Lipinski definition) is 3. The maximum Gasteiger partial charge on any atom is 0.119 e. The van der Waals surface area contributed by atoms with Crippen LogP contribution in [-0.4, -0.2) is 19.3 Å². The van der Waals surface area contributed by atoms with E-state index >= 15 is 0 Å². The van der Waals surface area contributed by atoms with Crippen molar-refractivity contribution in [3.63, 3.8) is 0 Å². The van der Waals surface area contributed by atoms with Crippen molar-refractivity contribution in [1.82, 2.24) is 0 Å². The van der Waals surface area contributed by atoms with Crippen molar-refractivity contribution in [1.29, 1.82) is 0 Å². The van der Waals surface area contributed by atoms with Crippen LogP contribution in [0.2, 0.25) is 0 Å². The molecule has 3 nitrogen and oxygen atoms in total. The molecule has 14 heavy (non-hydrogen) atoms. The van der Waals surface area contributed by atoms with E-state index in [4.69, 9.17) is 15.2 Å². The third-order valence-corrected chi connectivity index (χ3v) is 1.68. The van der Waals surface area contributed by atoms with E-state index in [-0.39, 0.29) is 6.10 Å². The lowest BCUT2D eigenvalue weighted by atomic mass is 10.3. The van der Waals surface area contributed by atoms with E-state index < -0.39 is 0 Å². The summed E-state index contributed by atoms with van der Waals surface area (Å²) in [6.45, 7) is 5.19. The normalized spacial score (nSPS) is 10.5. The van der Waals surface area contributed by atoms with E-state index in [1.807, 2.05) is 38.1 Å². The predicted octanol–water partition coefficient (Wildman–Crippen LogP) is 2.07. The van der Waals surface area contributed by atoms with Gasteiger partial charge in [0.05, 0.1) is 12.7 Å². The lowest BCUT2D eigenvalue weighted by Crippen LogP contribution is -2.11. The van der Waals surface area contributed by atoms with Crippen LogP contribution in [0.25, 0.3) is 0 Å². The zero-order valence-corrected chi connectivity index (χ0v) is 8.69. The van der Waals surface area contributed by atoms with Crippen LogP contribution < -0.4 is 10.5 Å². The smallest absolute Gasteiger partial charge is 0.119 e. The van der Waals surface area contributed by atoms with Crippen molar-refractivity contribution >= 4 is 5.69 Å². The standard InChI is InChI=1S/C11H17NO2/c1-9(2)13-7-8-14-11-5-3-10(12)4-6-11/h3-6,9H,7-8,12H2,1-2H3. The average Bonchev–Trinajstić information content (AvgIpc) is 2.15. The fourth-order valence-electron chi connectivity index (χ4n) is 1.01. The summed E-state index contributed by atoms with van der Waals surface area (Å²) in [5.41, 5.74) is 6.29. The molecule has 0 radical (unpaired) electrons. The molecule has 0 aliphatic heterocycles. The van der Waals surface area contributed by atoms with Gasteiger partial charge in [0.25, 0.3) is 0 Å². The second-order valence-electron chi connectivity index (χ2n) is 3.34. The summed E-state index contributed by atoms with van der Waals surface area (Å²) in [6.07, 6.45) is 0.255. The number of nitrogen functional groups attached to an aromatic ring is 1. The Morgan fingerprint density at radius 1 is 1.14 bits per heavy atom. The van der Waals surface area contributed by atoms with Crippen LogP contribution in [-0.2, 0) is 4.74 Å². The summed E-state index contributed by atoms with van der Waals surface area (Å²) in [7, 11) is 0. The molecule has 0 bridgehead atoms. The van der Waals surface area contributed by atoms with Gasteiger partial charge in [-0.25, -0.2) is 0 Å². The van der Waals surface area contributed by atoms with Gasteiger partial charge >= 0.3 is 0 Å². The van der Waals surface area contributed by atoms with Crippen molar-refractivity contribution < 1.29 is 9.47 Å². The minimum absolute atomic E-state index is 0.255. The first-order chi connectivity index (χ1) is 6.68. The van der Waals surface area contributed by atoms with E-state index in [2.05, 4.69) is 0 Å². The zero-order valence-electron chi connectivity index (χ0n) is 8.69. The Labute approximate surface area is 84.8 Å². The molecule has 78 valence electrons. The largest absolute Gasteiger partial charge is 0.491 e. The monoisotopic (exact) mass is 195 g/mol. The molecule has 0 aliphatic carbocycles. The number of ether oxygens (including phenoxy) is 2. The second kappa shape index (κ2) is 5.50.